The Morgan fingerprint density at radius 3 is 2.58 bits per heavy atom. The molecule has 0 bridgehead atoms. The van der Waals surface area contributed by atoms with Gasteiger partial charge >= 0.3 is 12.0 Å². The van der Waals surface area contributed by atoms with Crippen molar-refractivity contribution in [3.63, 3.8) is 0 Å². The van der Waals surface area contributed by atoms with E-state index in [0.717, 1.165) is 6.42 Å². The van der Waals surface area contributed by atoms with Crippen LogP contribution in [0, 0.1) is 5.92 Å². The van der Waals surface area contributed by atoms with Crippen LogP contribution < -0.4 is 20.1 Å². The van der Waals surface area contributed by atoms with Gasteiger partial charge < -0.3 is 24.8 Å². The lowest BCUT2D eigenvalue weighted by atomic mass is 9.95. The second-order valence-electron chi connectivity index (χ2n) is 6.50. The summed E-state index contributed by atoms with van der Waals surface area (Å²) in [7, 11) is 2.86. The van der Waals surface area contributed by atoms with Crippen molar-refractivity contribution in [3.05, 3.63) is 35.0 Å². The fourth-order valence-corrected chi connectivity index (χ4v) is 2.71. The molecule has 2 amide bonds. The maximum Gasteiger partial charge on any atom is 0.337 e. The third-order valence-electron chi connectivity index (χ3n) is 4.15. The molecule has 142 valence electrons. The average molecular weight is 362 g/mol. The number of hydrogen-bond donors (Lipinski definition) is 2. The molecule has 1 aliphatic heterocycles. The molecule has 0 spiro atoms. The maximum absolute atomic E-state index is 12.2. The first kappa shape index (κ1) is 19.6. The molecule has 7 heteroatoms. The van der Waals surface area contributed by atoms with Crippen LogP contribution >= 0.6 is 0 Å². The van der Waals surface area contributed by atoms with E-state index in [1.54, 1.807) is 32.2 Å². The van der Waals surface area contributed by atoms with Crippen molar-refractivity contribution in [2.24, 2.45) is 5.92 Å². The van der Waals surface area contributed by atoms with Crippen molar-refractivity contribution in [2.45, 2.75) is 33.2 Å². The predicted octanol–water partition coefficient (Wildman–Crippen LogP) is 2.92. The van der Waals surface area contributed by atoms with E-state index in [0.29, 0.717) is 40.9 Å². The lowest BCUT2D eigenvalue weighted by Crippen LogP contribution is -2.45. The van der Waals surface area contributed by atoms with Gasteiger partial charge in [0.05, 0.1) is 32.4 Å². The van der Waals surface area contributed by atoms with Gasteiger partial charge in [-0.3, -0.25) is 0 Å². The zero-order chi connectivity index (χ0) is 19.3. The summed E-state index contributed by atoms with van der Waals surface area (Å²) in [6.07, 6.45) is 0.934. The molecule has 0 radical (unpaired) electrons. The van der Waals surface area contributed by atoms with Crippen LogP contribution in [0.1, 0.15) is 38.8 Å². The van der Waals surface area contributed by atoms with Gasteiger partial charge in [0.25, 0.3) is 0 Å². The lowest BCUT2D eigenvalue weighted by Gasteiger charge is -2.28. The zero-order valence-electron chi connectivity index (χ0n) is 15.8. The summed E-state index contributed by atoms with van der Waals surface area (Å²) in [6.45, 7) is 6.52. The number of amides is 2. The van der Waals surface area contributed by atoms with Crippen molar-refractivity contribution < 1.29 is 23.8 Å². The van der Waals surface area contributed by atoms with Gasteiger partial charge in [0.2, 0.25) is 0 Å². The molecule has 1 atom stereocenters. The molecule has 0 saturated heterocycles. The van der Waals surface area contributed by atoms with Gasteiger partial charge in [0.1, 0.15) is 0 Å². The van der Waals surface area contributed by atoms with E-state index in [9.17, 15) is 9.59 Å². The van der Waals surface area contributed by atoms with Crippen molar-refractivity contribution in [2.75, 3.05) is 20.8 Å². The van der Waals surface area contributed by atoms with E-state index in [2.05, 4.69) is 24.5 Å². The van der Waals surface area contributed by atoms with E-state index in [-0.39, 0.29) is 6.03 Å². The molecule has 0 aromatic heterocycles. The highest BCUT2D eigenvalue weighted by molar-refractivity contribution is 5.94. The highest BCUT2D eigenvalue weighted by atomic mass is 16.5. The van der Waals surface area contributed by atoms with E-state index in [1.807, 2.05) is 0 Å². The summed E-state index contributed by atoms with van der Waals surface area (Å²) in [5, 5.41) is 5.35. The van der Waals surface area contributed by atoms with Gasteiger partial charge in [-0.15, -0.1) is 0 Å². The van der Waals surface area contributed by atoms with Crippen molar-refractivity contribution in [3.8, 4) is 11.5 Å². The summed E-state index contributed by atoms with van der Waals surface area (Å²) in [6, 6.07) is 4.34. The van der Waals surface area contributed by atoms with Crippen molar-refractivity contribution in [1.29, 1.82) is 0 Å². The number of ether oxygens (including phenoxy) is 3. The second kappa shape index (κ2) is 8.60. The van der Waals surface area contributed by atoms with Gasteiger partial charge in [-0.2, -0.15) is 0 Å². The minimum Gasteiger partial charge on any atom is -0.493 e. The predicted molar refractivity (Wildman–Crippen MR) is 97.1 cm³/mol. The number of urea groups is 1. The first-order chi connectivity index (χ1) is 12.4. The summed E-state index contributed by atoms with van der Waals surface area (Å²) in [4.78, 5) is 24.0. The zero-order valence-corrected chi connectivity index (χ0v) is 15.8. The number of rotatable bonds is 7. The van der Waals surface area contributed by atoms with Crippen molar-refractivity contribution in [1.82, 2.24) is 10.6 Å². The monoisotopic (exact) mass is 362 g/mol. The molecule has 0 fully saturated rings. The molecule has 0 aliphatic carbocycles. The molecule has 1 unspecified atom stereocenters. The normalized spacial score (nSPS) is 16.8. The molecule has 2 rings (SSSR count). The Kier molecular flexibility index (Phi) is 6.49. The van der Waals surface area contributed by atoms with Crippen LogP contribution in [0.3, 0.4) is 0 Å². The van der Waals surface area contributed by atoms with Crippen LogP contribution in [0.25, 0.3) is 0 Å². The van der Waals surface area contributed by atoms with E-state index < -0.39 is 12.0 Å². The Balaban J connectivity index is 2.33. The highest BCUT2D eigenvalue weighted by Gasteiger charge is 2.32. The fraction of sp³-hybridized carbons (Fsp3) is 0.474. The Bertz CT molecular complexity index is 712. The standard InChI is InChI=1S/C19H26N2O5/c1-11(2)8-9-26-14-7-6-13(10-15(14)24-4)17-16(18(22)25-5)12(3)20-19(23)21-17/h6-7,10-11,17H,8-9H2,1-5H3,(H2,20,21,23). The SMILES string of the molecule is COC(=O)C1=C(C)NC(=O)NC1c1ccc(OCCC(C)C)c(OC)c1. The van der Waals surface area contributed by atoms with Gasteiger partial charge in [-0.25, -0.2) is 9.59 Å². The number of benzene rings is 1. The van der Waals surface area contributed by atoms with E-state index >= 15 is 0 Å². The number of allylic oxidation sites excluding steroid dienone is 1. The second-order valence-corrected chi connectivity index (χ2v) is 6.50. The Morgan fingerprint density at radius 1 is 1.23 bits per heavy atom. The third kappa shape index (κ3) is 4.47. The number of carbonyl (C=O) groups is 2. The third-order valence-corrected chi connectivity index (χ3v) is 4.15. The fourth-order valence-electron chi connectivity index (χ4n) is 2.71. The molecular formula is C19H26N2O5. The summed E-state index contributed by atoms with van der Waals surface area (Å²) in [5.41, 5.74) is 1.51. The first-order valence-corrected chi connectivity index (χ1v) is 8.54. The van der Waals surface area contributed by atoms with Gasteiger partial charge in [-0.05, 0) is 37.0 Å². The maximum atomic E-state index is 12.2. The van der Waals surface area contributed by atoms with E-state index in [4.69, 9.17) is 14.2 Å². The molecule has 1 aliphatic rings. The Morgan fingerprint density at radius 2 is 1.96 bits per heavy atom. The average Bonchev–Trinajstić information content (AvgIpc) is 2.60. The Hall–Kier alpha value is -2.70. The minimum absolute atomic E-state index is 0.350. The van der Waals surface area contributed by atoms with E-state index in [1.165, 1.54) is 7.11 Å². The number of methoxy groups -OCH3 is 2. The molecule has 1 heterocycles. The van der Waals surface area contributed by atoms with Gasteiger partial charge in [-0.1, -0.05) is 19.9 Å². The smallest absolute Gasteiger partial charge is 0.337 e. The topological polar surface area (TPSA) is 85.9 Å². The van der Waals surface area contributed by atoms with Crippen LogP contribution in [0.5, 0.6) is 11.5 Å². The molecular weight excluding hydrogens is 336 g/mol. The molecule has 0 saturated carbocycles. The number of hydrogen-bond acceptors (Lipinski definition) is 5. The number of carbonyl (C=O) groups excluding carboxylic acids is 2. The number of esters is 1. The molecule has 1 aromatic rings. The van der Waals surface area contributed by atoms with Gasteiger partial charge in [0.15, 0.2) is 11.5 Å². The highest BCUT2D eigenvalue weighted by Crippen LogP contribution is 2.34. The van der Waals surface area contributed by atoms with Crippen molar-refractivity contribution >= 4 is 12.0 Å². The van der Waals surface area contributed by atoms with Crippen LogP contribution in [0.2, 0.25) is 0 Å². The first-order valence-electron chi connectivity index (χ1n) is 8.54. The van der Waals surface area contributed by atoms with Gasteiger partial charge in [0, 0.05) is 5.70 Å². The van der Waals surface area contributed by atoms with Crippen LogP contribution in [0.4, 0.5) is 4.79 Å². The minimum atomic E-state index is -0.630. The molecule has 1 aromatic carbocycles. The largest absolute Gasteiger partial charge is 0.493 e. The Labute approximate surface area is 153 Å². The molecule has 7 nitrogen and oxygen atoms in total. The lowest BCUT2D eigenvalue weighted by molar-refractivity contribution is -0.136. The molecule has 26 heavy (non-hydrogen) atoms. The summed E-state index contributed by atoms with van der Waals surface area (Å²) >= 11 is 0. The van der Waals surface area contributed by atoms with Crippen LogP contribution in [0.15, 0.2) is 29.5 Å². The van der Waals surface area contributed by atoms with Crippen LogP contribution in [-0.2, 0) is 9.53 Å². The quantitative estimate of drug-likeness (QED) is 0.729. The van der Waals surface area contributed by atoms with Crippen LogP contribution in [-0.4, -0.2) is 32.8 Å². The number of nitrogens with one attached hydrogen (secondary N) is 2. The summed E-state index contributed by atoms with van der Waals surface area (Å²) < 4.78 is 16.1. The molecule has 2 N–H and O–H groups in total. The summed E-state index contributed by atoms with van der Waals surface area (Å²) in [5.74, 6) is 1.20.